The van der Waals surface area contributed by atoms with E-state index in [2.05, 4.69) is 19.9 Å². The van der Waals surface area contributed by atoms with Crippen LogP contribution in [0, 0.1) is 0 Å². The van der Waals surface area contributed by atoms with E-state index in [1.165, 1.54) is 0 Å². The molecule has 3 aromatic rings. The van der Waals surface area contributed by atoms with Crippen LogP contribution >= 0.6 is 0 Å². The summed E-state index contributed by atoms with van der Waals surface area (Å²) in [5, 5.41) is 0. The maximum absolute atomic E-state index is 6.07. The van der Waals surface area contributed by atoms with E-state index in [4.69, 9.17) is 9.15 Å². The second-order valence-corrected chi connectivity index (χ2v) is 6.07. The molecule has 25 heavy (non-hydrogen) atoms. The van der Waals surface area contributed by atoms with Crippen molar-refractivity contribution in [3.63, 3.8) is 0 Å². The van der Waals surface area contributed by atoms with Crippen LogP contribution < -0.4 is 9.64 Å². The zero-order valence-electron chi connectivity index (χ0n) is 14.1. The standard InChI is InChI=1S/C19H20N4O2/c1-24-17-7-3-2-5-14(17)11-15-12-21-19(25-15)16-6-4-10-23(16)18-8-9-20-13-22-18/h2-3,5,7-9,12-13,16H,4,6,10-11H2,1H3/t16-/m0/s1. The molecule has 6 heteroatoms. The molecule has 0 amide bonds. The first-order valence-electron chi connectivity index (χ1n) is 8.44. The summed E-state index contributed by atoms with van der Waals surface area (Å²) in [6.07, 6.45) is 7.93. The zero-order chi connectivity index (χ0) is 17.1. The van der Waals surface area contributed by atoms with Gasteiger partial charge in [0.2, 0.25) is 5.89 Å². The van der Waals surface area contributed by atoms with Crippen molar-refractivity contribution in [3.05, 3.63) is 66.3 Å². The summed E-state index contributed by atoms with van der Waals surface area (Å²) in [5.41, 5.74) is 1.09. The minimum absolute atomic E-state index is 0.126. The van der Waals surface area contributed by atoms with Crippen LogP contribution in [0.25, 0.3) is 0 Å². The minimum atomic E-state index is 0.126. The van der Waals surface area contributed by atoms with E-state index in [-0.39, 0.29) is 6.04 Å². The third-order valence-electron chi connectivity index (χ3n) is 4.53. The van der Waals surface area contributed by atoms with Gasteiger partial charge in [0.1, 0.15) is 29.7 Å². The Hall–Kier alpha value is -2.89. The first-order chi connectivity index (χ1) is 12.3. The normalized spacial score (nSPS) is 17.0. The van der Waals surface area contributed by atoms with Crippen LogP contribution in [0.2, 0.25) is 0 Å². The molecular formula is C19H20N4O2. The maximum Gasteiger partial charge on any atom is 0.217 e. The number of aromatic nitrogens is 3. The second-order valence-electron chi connectivity index (χ2n) is 6.07. The van der Waals surface area contributed by atoms with Crippen LogP contribution in [0.3, 0.4) is 0 Å². The van der Waals surface area contributed by atoms with Gasteiger partial charge in [-0.15, -0.1) is 0 Å². The number of benzene rings is 1. The molecule has 128 valence electrons. The molecule has 2 aromatic heterocycles. The third-order valence-corrected chi connectivity index (χ3v) is 4.53. The van der Waals surface area contributed by atoms with E-state index in [0.29, 0.717) is 6.42 Å². The number of para-hydroxylation sites is 1. The molecular weight excluding hydrogens is 316 g/mol. The summed E-state index contributed by atoms with van der Waals surface area (Å²) in [6, 6.07) is 10.0. The molecule has 0 radical (unpaired) electrons. The monoisotopic (exact) mass is 336 g/mol. The van der Waals surface area contributed by atoms with Crippen molar-refractivity contribution in [2.75, 3.05) is 18.6 Å². The number of hydrogen-bond donors (Lipinski definition) is 0. The summed E-state index contributed by atoms with van der Waals surface area (Å²) in [5.74, 6) is 3.38. The first-order valence-corrected chi connectivity index (χ1v) is 8.44. The van der Waals surface area contributed by atoms with Crippen molar-refractivity contribution in [1.82, 2.24) is 15.0 Å². The largest absolute Gasteiger partial charge is 0.496 e. The van der Waals surface area contributed by atoms with Gasteiger partial charge in [0.05, 0.1) is 13.3 Å². The van der Waals surface area contributed by atoms with Gasteiger partial charge in [-0.1, -0.05) is 18.2 Å². The predicted molar refractivity (Wildman–Crippen MR) is 93.7 cm³/mol. The fourth-order valence-electron chi connectivity index (χ4n) is 3.35. The highest BCUT2D eigenvalue weighted by atomic mass is 16.5. The Morgan fingerprint density at radius 2 is 2.16 bits per heavy atom. The summed E-state index contributed by atoms with van der Waals surface area (Å²) in [7, 11) is 1.68. The molecule has 0 saturated carbocycles. The molecule has 0 N–H and O–H groups in total. The summed E-state index contributed by atoms with van der Waals surface area (Å²) >= 11 is 0. The Labute approximate surface area is 146 Å². The van der Waals surface area contributed by atoms with Gasteiger partial charge in [-0.2, -0.15) is 0 Å². The SMILES string of the molecule is COc1ccccc1Cc1cnc([C@@H]2CCCN2c2ccncn2)o1. The van der Waals surface area contributed by atoms with Crippen molar-refractivity contribution >= 4 is 5.82 Å². The number of oxazole rings is 1. The summed E-state index contributed by atoms with van der Waals surface area (Å²) in [4.78, 5) is 15.1. The van der Waals surface area contributed by atoms with Gasteiger partial charge in [0.15, 0.2) is 0 Å². The van der Waals surface area contributed by atoms with E-state index in [9.17, 15) is 0 Å². The molecule has 1 saturated heterocycles. The highest BCUT2D eigenvalue weighted by Crippen LogP contribution is 2.35. The molecule has 1 fully saturated rings. The Bertz CT molecular complexity index is 834. The molecule has 6 nitrogen and oxygen atoms in total. The third kappa shape index (κ3) is 3.20. The van der Waals surface area contributed by atoms with Crippen LogP contribution in [0.1, 0.15) is 36.1 Å². The van der Waals surface area contributed by atoms with Crippen molar-refractivity contribution in [2.45, 2.75) is 25.3 Å². The molecule has 1 atom stereocenters. The van der Waals surface area contributed by atoms with Crippen molar-refractivity contribution in [3.8, 4) is 5.75 Å². The van der Waals surface area contributed by atoms with Crippen LogP contribution in [0.4, 0.5) is 5.82 Å². The molecule has 1 aliphatic heterocycles. The molecule has 3 heterocycles. The molecule has 0 aliphatic carbocycles. The Balaban J connectivity index is 1.55. The fraction of sp³-hybridized carbons (Fsp3) is 0.316. The number of methoxy groups -OCH3 is 1. The van der Waals surface area contributed by atoms with Gasteiger partial charge in [-0.05, 0) is 25.0 Å². The number of nitrogens with zero attached hydrogens (tertiary/aromatic N) is 4. The first kappa shape index (κ1) is 15.6. The van der Waals surface area contributed by atoms with E-state index in [1.807, 2.05) is 36.5 Å². The lowest BCUT2D eigenvalue weighted by molar-refractivity contribution is 0.403. The number of rotatable bonds is 5. The van der Waals surface area contributed by atoms with Gasteiger partial charge in [0, 0.05) is 24.7 Å². The summed E-state index contributed by atoms with van der Waals surface area (Å²) in [6.45, 7) is 0.950. The van der Waals surface area contributed by atoms with Crippen LogP contribution in [-0.4, -0.2) is 28.6 Å². The average Bonchev–Trinajstić information content (AvgIpc) is 3.32. The van der Waals surface area contributed by atoms with E-state index in [1.54, 1.807) is 19.6 Å². The molecule has 1 aromatic carbocycles. The Kier molecular flexibility index (Phi) is 4.33. The quantitative estimate of drug-likeness (QED) is 0.711. The Morgan fingerprint density at radius 3 is 3.00 bits per heavy atom. The van der Waals surface area contributed by atoms with Crippen molar-refractivity contribution < 1.29 is 9.15 Å². The minimum Gasteiger partial charge on any atom is -0.496 e. The topological polar surface area (TPSA) is 64.3 Å². The predicted octanol–water partition coefficient (Wildman–Crippen LogP) is 3.41. The van der Waals surface area contributed by atoms with Gasteiger partial charge in [-0.3, -0.25) is 0 Å². The lowest BCUT2D eigenvalue weighted by Crippen LogP contribution is -2.23. The van der Waals surface area contributed by atoms with Gasteiger partial charge in [0.25, 0.3) is 0 Å². The zero-order valence-corrected chi connectivity index (χ0v) is 14.1. The lowest BCUT2D eigenvalue weighted by Gasteiger charge is -2.22. The van der Waals surface area contributed by atoms with Crippen molar-refractivity contribution in [1.29, 1.82) is 0 Å². The highest BCUT2D eigenvalue weighted by Gasteiger charge is 2.30. The van der Waals surface area contributed by atoms with Crippen LogP contribution in [-0.2, 0) is 6.42 Å². The maximum atomic E-state index is 6.07. The number of anilines is 1. The fourth-order valence-corrected chi connectivity index (χ4v) is 3.35. The molecule has 0 spiro atoms. The smallest absolute Gasteiger partial charge is 0.217 e. The van der Waals surface area contributed by atoms with Gasteiger partial charge >= 0.3 is 0 Å². The lowest BCUT2D eigenvalue weighted by atomic mass is 10.1. The molecule has 0 unspecified atom stereocenters. The average molecular weight is 336 g/mol. The highest BCUT2D eigenvalue weighted by molar-refractivity contribution is 5.40. The molecule has 0 bridgehead atoms. The van der Waals surface area contributed by atoms with E-state index >= 15 is 0 Å². The Morgan fingerprint density at radius 1 is 1.24 bits per heavy atom. The van der Waals surface area contributed by atoms with Crippen LogP contribution in [0.15, 0.2) is 53.5 Å². The molecule has 4 rings (SSSR count). The van der Waals surface area contributed by atoms with E-state index < -0.39 is 0 Å². The van der Waals surface area contributed by atoms with Crippen LogP contribution in [0.5, 0.6) is 5.75 Å². The van der Waals surface area contributed by atoms with Gasteiger partial charge in [-0.25, -0.2) is 15.0 Å². The van der Waals surface area contributed by atoms with Gasteiger partial charge < -0.3 is 14.1 Å². The molecule has 1 aliphatic rings. The number of hydrogen-bond acceptors (Lipinski definition) is 6. The number of ether oxygens (including phenoxy) is 1. The van der Waals surface area contributed by atoms with Crippen molar-refractivity contribution in [2.24, 2.45) is 0 Å². The van der Waals surface area contributed by atoms with E-state index in [0.717, 1.165) is 48.2 Å². The summed E-state index contributed by atoms with van der Waals surface area (Å²) < 4.78 is 11.5. The second kappa shape index (κ2) is 6.93.